The second kappa shape index (κ2) is 10.2. The Labute approximate surface area is 150 Å². The summed E-state index contributed by atoms with van der Waals surface area (Å²) in [5.74, 6) is 3.36. The van der Waals surface area contributed by atoms with Crippen molar-refractivity contribution in [3.8, 4) is 0 Å². The minimum atomic E-state index is 0. The highest BCUT2D eigenvalue weighted by atomic mass is 35.5. The minimum Gasteiger partial charge on any atom is -0.355 e. The molecule has 1 amide bonds. The summed E-state index contributed by atoms with van der Waals surface area (Å²) in [5.41, 5.74) is 0. The number of carbonyl (C=O) groups is 1. The number of carbonyl (C=O) groups excluding carboxylic acids is 1. The van der Waals surface area contributed by atoms with Crippen LogP contribution in [0, 0.1) is 5.92 Å². The number of nitrogens with zero attached hydrogens (tertiary/aromatic N) is 1. The van der Waals surface area contributed by atoms with Crippen molar-refractivity contribution in [2.45, 2.75) is 44.2 Å². The normalized spacial score (nSPS) is 31.0. The number of rotatable bonds is 5. The fourth-order valence-corrected chi connectivity index (χ4v) is 4.83. The molecule has 7 heteroatoms. The van der Waals surface area contributed by atoms with Crippen molar-refractivity contribution in [1.29, 1.82) is 0 Å². The Morgan fingerprint density at radius 2 is 1.77 bits per heavy atom. The Kier molecular flexibility index (Phi) is 9.48. The fourth-order valence-electron chi connectivity index (χ4n) is 3.85. The summed E-state index contributed by atoms with van der Waals surface area (Å²) in [4.78, 5) is 14.5. The molecule has 0 radical (unpaired) electrons. The van der Waals surface area contributed by atoms with Gasteiger partial charge in [-0.1, -0.05) is 0 Å². The molecule has 3 aliphatic heterocycles. The van der Waals surface area contributed by atoms with Gasteiger partial charge in [0.05, 0.1) is 0 Å². The van der Waals surface area contributed by atoms with Crippen LogP contribution >= 0.6 is 36.6 Å². The minimum absolute atomic E-state index is 0. The Morgan fingerprint density at radius 3 is 2.41 bits per heavy atom. The average molecular weight is 370 g/mol. The molecule has 0 aromatic carbocycles. The largest absolute Gasteiger partial charge is 0.355 e. The van der Waals surface area contributed by atoms with Crippen LogP contribution in [0.3, 0.4) is 0 Å². The van der Waals surface area contributed by atoms with E-state index in [-0.39, 0.29) is 30.7 Å². The second-order valence-electron chi connectivity index (χ2n) is 6.48. The molecule has 4 nitrogen and oxygen atoms in total. The molecule has 0 aliphatic carbocycles. The summed E-state index contributed by atoms with van der Waals surface area (Å²) in [7, 11) is 0. The first kappa shape index (κ1) is 20.4. The topological polar surface area (TPSA) is 44.4 Å². The lowest BCUT2D eigenvalue weighted by atomic mass is 9.89. The molecule has 3 heterocycles. The Balaban J connectivity index is 0.00000121. The summed E-state index contributed by atoms with van der Waals surface area (Å²) in [6.07, 6.45) is 5.77. The van der Waals surface area contributed by atoms with Gasteiger partial charge in [0, 0.05) is 56.2 Å². The molecule has 0 aromatic heterocycles. The third kappa shape index (κ3) is 6.08. The maximum atomic E-state index is 12.0. The third-order valence-electron chi connectivity index (χ3n) is 4.90. The molecule has 130 valence electrons. The molecule has 0 aromatic rings. The van der Waals surface area contributed by atoms with Crippen LogP contribution in [0.4, 0.5) is 0 Å². The molecule has 2 atom stereocenters. The molecular formula is C15H29Cl2N3OS. The molecule has 2 bridgehead atoms. The summed E-state index contributed by atoms with van der Waals surface area (Å²) in [6, 6.07) is 1.38. The van der Waals surface area contributed by atoms with Crippen LogP contribution in [-0.2, 0) is 4.79 Å². The van der Waals surface area contributed by atoms with Crippen LogP contribution in [-0.4, -0.2) is 60.6 Å². The van der Waals surface area contributed by atoms with Gasteiger partial charge in [-0.2, -0.15) is 11.8 Å². The molecule has 3 fully saturated rings. The monoisotopic (exact) mass is 369 g/mol. The van der Waals surface area contributed by atoms with Crippen LogP contribution in [0.5, 0.6) is 0 Å². The maximum absolute atomic E-state index is 12.0. The lowest BCUT2D eigenvalue weighted by Gasteiger charge is -2.29. The zero-order chi connectivity index (χ0) is 13.8. The number of thioether (sulfide) groups is 1. The zero-order valence-corrected chi connectivity index (χ0v) is 15.5. The molecule has 3 rings (SSSR count). The number of nitrogens with one attached hydrogen (secondary N) is 2. The van der Waals surface area contributed by atoms with Gasteiger partial charge in [-0.3, -0.25) is 9.69 Å². The van der Waals surface area contributed by atoms with Crippen molar-refractivity contribution in [2.24, 2.45) is 5.92 Å². The molecule has 3 aliphatic rings. The van der Waals surface area contributed by atoms with Gasteiger partial charge in [-0.05, 0) is 31.6 Å². The van der Waals surface area contributed by atoms with Crippen LogP contribution < -0.4 is 10.6 Å². The van der Waals surface area contributed by atoms with Gasteiger partial charge in [0.1, 0.15) is 0 Å². The predicted octanol–water partition coefficient (Wildman–Crippen LogP) is 1.92. The van der Waals surface area contributed by atoms with E-state index in [0.29, 0.717) is 18.0 Å². The van der Waals surface area contributed by atoms with E-state index in [9.17, 15) is 4.79 Å². The first-order valence-electron chi connectivity index (χ1n) is 8.12. The van der Waals surface area contributed by atoms with Gasteiger partial charge in [-0.25, -0.2) is 0 Å². The van der Waals surface area contributed by atoms with Gasteiger partial charge >= 0.3 is 0 Å². The molecule has 0 spiro atoms. The van der Waals surface area contributed by atoms with Crippen molar-refractivity contribution < 1.29 is 4.79 Å². The molecule has 2 unspecified atom stereocenters. The Bertz CT molecular complexity index is 331. The van der Waals surface area contributed by atoms with Crippen LogP contribution in [0.1, 0.15) is 32.1 Å². The van der Waals surface area contributed by atoms with Crippen molar-refractivity contribution in [3.05, 3.63) is 0 Å². The number of hydrogen-bond acceptors (Lipinski definition) is 4. The van der Waals surface area contributed by atoms with E-state index >= 15 is 0 Å². The van der Waals surface area contributed by atoms with Crippen molar-refractivity contribution in [2.75, 3.05) is 37.7 Å². The second-order valence-corrected chi connectivity index (χ2v) is 7.71. The van der Waals surface area contributed by atoms with Crippen LogP contribution in [0.15, 0.2) is 0 Å². The van der Waals surface area contributed by atoms with E-state index in [1.807, 2.05) is 11.8 Å². The Hall–Kier alpha value is 0.320. The van der Waals surface area contributed by atoms with Crippen molar-refractivity contribution in [1.82, 2.24) is 15.5 Å². The molecule has 3 saturated heterocycles. The average Bonchev–Trinajstić information content (AvgIpc) is 2.79. The van der Waals surface area contributed by atoms with Crippen molar-refractivity contribution >= 4 is 42.5 Å². The Morgan fingerprint density at radius 1 is 1.14 bits per heavy atom. The highest BCUT2D eigenvalue weighted by Gasteiger charge is 2.34. The molecule has 22 heavy (non-hydrogen) atoms. The maximum Gasteiger partial charge on any atom is 0.220 e. The fraction of sp³-hybridized carbons (Fsp3) is 0.933. The van der Waals surface area contributed by atoms with Gasteiger partial charge in [0.2, 0.25) is 5.91 Å². The van der Waals surface area contributed by atoms with Gasteiger partial charge in [0.15, 0.2) is 0 Å². The van der Waals surface area contributed by atoms with E-state index in [0.717, 1.165) is 19.5 Å². The first-order chi connectivity index (χ1) is 9.79. The number of fused-ring (bicyclic) bond motifs is 2. The van der Waals surface area contributed by atoms with E-state index in [1.54, 1.807) is 0 Å². The SMILES string of the molecule is Cl.Cl.O=C(CC1CC2CCC(C1)N2)NCCN1CCSCC1. The van der Waals surface area contributed by atoms with Gasteiger partial charge in [-0.15, -0.1) is 24.8 Å². The van der Waals surface area contributed by atoms with E-state index < -0.39 is 0 Å². The summed E-state index contributed by atoms with van der Waals surface area (Å²) in [5, 5.41) is 6.76. The lowest BCUT2D eigenvalue weighted by molar-refractivity contribution is -0.122. The highest BCUT2D eigenvalue weighted by Crippen LogP contribution is 2.32. The van der Waals surface area contributed by atoms with Crippen molar-refractivity contribution in [3.63, 3.8) is 0 Å². The summed E-state index contributed by atoms with van der Waals surface area (Å²) >= 11 is 2.03. The van der Waals surface area contributed by atoms with E-state index in [1.165, 1.54) is 50.3 Å². The van der Waals surface area contributed by atoms with Crippen LogP contribution in [0.2, 0.25) is 0 Å². The van der Waals surface area contributed by atoms with Gasteiger partial charge < -0.3 is 10.6 Å². The standard InChI is InChI=1S/C15H27N3OS.2ClH/c19-15(16-3-4-18-5-7-20-8-6-18)11-12-9-13-1-2-14(10-12)17-13;;/h12-14,17H,1-11H2,(H,16,19);2*1H. The predicted molar refractivity (Wildman–Crippen MR) is 98.6 cm³/mol. The molecule has 0 saturated carbocycles. The smallest absolute Gasteiger partial charge is 0.220 e. The molecular weight excluding hydrogens is 341 g/mol. The number of piperidine rings is 1. The lowest BCUT2D eigenvalue weighted by Crippen LogP contribution is -2.41. The quantitative estimate of drug-likeness (QED) is 0.776. The van der Waals surface area contributed by atoms with E-state index in [2.05, 4.69) is 15.5 Å². The van der Waals surface area contributed by atoms with Gasteiger partial charge in [0.25, 0.3) is 0 Å². The summed E-state index contributed by atoms with van der Waals surface area (Å²) in [6.45, 7) is 4.20. The first-order valence-corrected chi connectivity index (χ1v) is 9.28. The summed E-state index contributed by atoms with van der Waals surface area (Å²) < 4.78 is 0. The number of amides is 1. The number of halogens is 2. The van der Waals surface area contributed by atoms with Crippen LogP contribution in [0.25, 0.3) is 0 Å². The molecule has 2 N–H and O–H groups in total. The number of hydrogen-bond donors (Lipinski definition) is 2. The highest BCUT2D eigenvalue weighted by molar-refractivity contribution is 7.99. The zero-order valence-electron chi connectivity index (χ0n) is 13.1. The van der Waals surface area contributed by atoms with E-state index in [4.69, 9.17) is 0 Å². The third-order valence-corrected chi connectivity index (χ3v) is 5.84.